The molecule has 5 rings (SSSR count). The van der Waals surface area contributed by atoms with Gasteiger partial charge in [-0.1, -0.05) is 30.3 Å². The van der Waals surface area contributed by atoms with Gasteiger partial charge in [-0.05, 0) is 12.5 Å². The van der Waals surface area contributed by atoms with Crippen LogP contribution in [0.1, 0.15) is 25.3 Å². The van der Waals surface area contributed by atoms with Crippen molar-refractivity contribution in [2.24, 2.45) is 15.8 Å². The molecule has 0 aromatic heterocycles. The molecule has 0 unspecified atom stereocenters. The van der Waals surface area contributed by atoms with Gasteiger partial charge in [0.25, 0.3) is 0 Å². The molecule has 4 aliphatic rings. The highest BCUT2D eigenvalue weighted by Crippen LogP contribution is 2.68. The fourth-order valence-electron chi connectivity index (χ4n) is 4.40. The molecule has 0 spiro atoms. The second kappa shape index (κ2) is 3.98. The van der Waals surface area contributed by atoms with Gasteiger partial charge in [0.1, 0.15) is 5.84 Å². The monoisotopic (exact) mass is 306 g/mol. The fraction of sp³-hybridized carbons (Fsp3) is 0.412. The molecule has 4 aliphatic heterocycles. The number of hydrogen-bond donors (Lipinski definition) is 1. The van der Waals surface area contributed by atoms with Crippen molar-refractivity contribution in [1.29, 1.82) is 15.9 Å². The lowest BCUT2D eigenvalue weighted by Gasteiger charge is -2.60. The zero-order valence-corrected chi connectivity index (χ0v) is 12.7. The molecule has 3 fully saturated rings. The first kappa shape index (κ1) is 13.9. The van der Waals surface area contributed by atoms with Gasteiger partial charge in [0.15, 0.2) is 10.8 Å². The fourth-order valence-corrected chi connectivity index (χ4v) is 4.40. The molecule has 0 aliphatic carbocycles. The summed E-state index contributed by atoms with van der Waals surface area (Å²) in [5, 5.41) is 28.4. The van der Waals surface area contributed by atoms with Crippen molar-refractivity contribution >= 4 is 11.7 Å². The smallest absolute Gasteiger partial charge is 0.218 e. The van der Waals surface area contributed by atoms with Crippen LogP contribution in [0, 0.1) is 38.9 Å². The predicted molar refractivity (Wildman–Crippen MR) is 80.5 cm³/mol. The number of nitrogens with one attached hydrogen (secondary N) is 1. The Labute approximate surface area is 133 Å². The Kier molecular flexibility index (Phi) is 2.41. The number of ether oxygens (including phenoxy) is 2. The summed E-state index contributed by atoms with van der Waals surface area (Å²) in [6, 6.07) is 13.8. The van der Waals surface area contributed by atoms with Crippen molar-refractivity contribution in [3.63, 3.8) is 0 Å². The number of rotatable bonds is 1. The topological polar surface area (TPSA) is 102 Å². The number of nitriles is 2. The van der Waals surface area contributed by atoms with Crippen molar-refractivity contribution < 1.29 is 9.47 Å². The molecule has 0 saturated carbocycles. The zero-order valence-electron chi connectivity index (χ0n) is 12.7. The van der Waals surface area contributed by atoms with E-state index in [9.17, 15) is 10.5 Å². The minimum Gasteiger partial charge on any atom is -0.447 e. The third kappa shape index (κ3) is 1.24. The molecule has 4 bridgehead atoms. The van der Waals surface area contributed by atoms with Gasteiger partial charge < -0.3 is 9.47 Å². The van der Waals surface area contributed by atoms with Crippen LogP contribution in [0.25, 0.3) is 0 Å². The van der Waals surface area contributed by atoms with Gasteiger partial charge >= 0.3 is 0 Å². The summed E-state index contributed by atoms with van der Waals surface area (Å²) in [4.78, 5) is 4.14. The van der Waals surface area contributed by atoms with Crippen molar-refractivity contribution in [1.82, 2.24) is 0 Å². The minimum atomic E-state index is -1.41. The van der Waals surface area contributed by atoms with Crippen LogP contribution in [0.4, 0.5) is 0 Å². The lowest BCUT2D eigenvalue weighted by molar-refractivity contribution is -0.309. The van der Waals surface area contributed by atoms with E-state index in [-0.39, 0.29) is 11.7 Å². The third-order valence-corrected chi connectivity index (χ3v) is 5.31. The van der Waals surface area contributed by atoms with Crippen molar-refractivity contribution in [3.8, 4) is 12.1 Å². The van der Waals surface area contributed by atoms with Crippen LogP contribution in [0.15, 0.2) is 35.3 Å². The second-order valence-electron chi connectivity index (χ2n) is 6.33. The molecule has 0 amide bonds. The first-order chi connectivity index (χ1) is 11.0. The molecule has 23 heavy (non-hydrogen) atoms. The quantitative estimate of drug-likeness (QED) is 0.860. The molecular formula is C17H14N4O2. The Hall–Kier alpha value is -2.70. The molecule has 1 aromatic carbocycles. The van der Waals surface area contributed by atoms with Crippen molar-refractivity contribution in [2.75, 3.05) is 0 Å². The van der Waals surface area contributed by atoms with Crippen LogP contribution in [0.5, 0.6) is 0 Å². The van der Waals surface area contributed by atoms with E-state index in [2.05, 4.69) is 17.1 Å². The van der Waals surface area contributed by atoms with E-state index in [1.165, 1.54) is 0 Å². The van der Waals surface area contributed by atoms with Gasteiger partial charge in [0, 0.05) is 6.92 Å². The van der Waals surface area contributed by atoms with Crippen LogP contribution in [-0.2, 0) is 9.47 Å². The molecule has 114 valence electrons. The molecular weight excluding hydrogens is 292 g/mol. The summed E-state index contributed by atoms with van der Waals surface area (Å²) < 4.78 is 11.9. The zero-order chi connectivity index (χ0) is 16.5. The van der Waals surface area contributed by atoms with E-state index in [0.717, 1.165) is 5.56 Å². The molecule has 1 aromatic rings. The van der Waals surface area contributed by atoms with E-state index in [1.54, 1.807) is 13.8 Å². The van der Waals surface area contributed by atoms with Gasteiger partial charge in [-0.2, -0.15) is 15.5 Å². The van der Waals surface area contributed by atoms with Gasteiger partial charge in [0.05, 0.1) is 24.2 Å². The first-order valence-corrected chi connectivity index (χ1v) is 7.39. The highest BCUT2D eigenvalue weighted by atomic mass is 16.7. The lowest BCUT2D eigenvalue weighted by atomic mass is 9.50. The SMILES string of the molecule is C[C@@H]1O[C@@]2(C)OC3=NC(=N)[C@@](C#N)([C@H]2c2ccccc2)[C@]31C#N. The molecule has 6 nitrogen and oxygen atoms in total. The molecule has 5 atom stereocenters. The van der Waals surface area contributed by atoms with Gasteiger partial charge in [-0.3, -0.25) is 5.41 Å². The van der Waals surface area contributed by atoms with Crippen LogP contribution in [0.2, 0.25) is 0 Å². The molecule has 1 N–H and O–H groups in total. The summed E-state index contributed by atoms with van der Waals surface area (Å²) in [5.74, 6) is -1.74. The highest BCUT2D eigenvalue weighted by molar-refractivity contribution is 6.13. The number of nitrogens with zero attached hydrogens (tertiary/aromatic N) is 3. The lowest BCUT2D eigenvalue weighted by Crippen LogP contribution is -2.72. The second-order valence-corrected chi connectivity index (χ2v) is 6.33. The maximum Gasteiger partial charge on any atom is 0.218 e. The van der Waals surface area contributed by atoms with E-state index in [1.807, 2.05) is 30.3 Å². The Balaban J connectivity index is 2.08. The van der Waals surface area contributed by atoms with Gasteiger partial charge in [-0.25, -0.2) is 0 Å². The number of amidine groups is 1. The molecule has 6 heteroatoms. The molecule has 4 heterocycles. The maximum atomic E-state index is 10.1. The summed E-state index contributed by atoms with van der Waals surface area (Å²) in [6.45, 7) is 3.49. The van der Waals surface area contributed by atoms with E-state index < -0.39 is 28.6 Å². The highest BCUT2D eigenvalue weighted by Gasteiger charge is 2.82. The summed E-state index contributed by atoms with van der Waals surface area (Å²) in [7, 11) is 0. The standard InChI is InChI=1S/C17H14N4O2/c1-10-16(8-18)14-21-13(20)17(16,9-19)12(15(2,22-10)23-14)11-6-4-3-5-7-11/h3-7,10,12,20H,1-2H3/t10-,12-,15-,16-,17+/m0/s1. The van der Waals surface area contributed by atoms with Crippen LogP contribution in [0.3, 0.4) is 0 Å². The number of fused-ring (bicyclic) bond motifs is 1. The van der Waals surface area contributed by atoms with E-state index in [0.29, 0.717) is 0 Å². The number of hydrogen-bond acceptors (Lipinski definition) is 5. The maximum absolute atomic E-state index is 10.1. The minimum absolute atomic E-state index is 0.121. The average Bonchev–Trinajstić information content (AvgIpc) is 2.72. The summed E-state index contributed by atoms with van der Waals surface area (Å²) in [6.07, 6.45) is -0.590. The molecule has 0 radical (unpaired) electrons. The number of benzene rings is 1. The Morgan fingerprint density at radius 3 is 2.43 bits per heavy atom. The average molecular weight is 306 g/mol. The Morgan fingerprint density at radius 2 is 1.83 bits per heavy atom. The summed E-state index contributed by atoms with van der Waals surface area (Å²) in [5.41, 5.74) is -2.01. The van der Waals surface area contributed by atoms with Crippen molar-refractivity contribution in [2.45, 2.75) is 31.7 Å². The van der Waals surface area contributed by atoms with E-state index in [4.69, 9.17) is 14.9 Å². The van der Waals surface area contributed by atoms with Gasteiger partial charge in [-0.15, -0.1) is 0 Å². The summed E-state index contributed by atoms with van der Waals surface area (Å²) >= 11 is 0. The van der Waals surface area contributed by atoms with Crippen molar-refractivity contribution in [3.05, 3.63) is 35.9 Å². The largest absolute Gasteiger partial charge is 0.447 e. The van der Waals surface area contributed by atoms with E-state index >= 15 is 0 Å². The van der Waals surface area contributed by atoms with Crippen LogP contribution >= 0.6 is 0 Å². The predicted octanol–water partition coefficient (Wildman–Crippen LogP) is 2.34. The molecule has 3 saturated heterocycles. The van der Waals surface area contributed by atoms with Gasteiger partial charge in [0.2, 0.25) is 11.7 Å². The van der Waals surface area contributed by atoms with Crippen LogP contribution in [-0.4, -0.2) is 23.6 Å². The van der Waals surface area contributed by atoms with Crippen LogP contribution < -0.4 is 0 Å². The Morgan fingerprint density at radius 1 is 1.17 bits per heavy atom. The first-order valence-electron chi connectivity index (χ1n) is 7.39. The number of aliphatic imine (C=N–C) groups is 1. The normalized spacial score (nSPS) is 43.3. The third-order valence-electron chi connectivity index (χ3n) is 5.31. The Bertz CT molecular complexity index is 836.